The molecule has 1 heterocycles. The summed E-state index contributed by atoms with van der Waals surface area (Å²) >= 11 is 1.62. The molecule has 0 saturated carbocycles. The molecule has 1 aliphatic rings. The summed E-state index contributed by atoms with van der Waals surface area (Å²) in [5.41, 5.74) is 3.63. The number of thioether (sulfide) groups is 1. The van der Waals surface area contributed by atoms with E-state index in [1.807, 2.05) is 32.0 Å². The molecule has 0 aromatic heterocycles. The van der Waals surface area contributed by atoms with Crippen molar-refractivity contribution in [2.45, 2.75) is 43.2 Å². The molecule has 0 aliphatic carbocycles. The van der Waals surface area contributed by atoms with Gasteiger partial charge in [0, 0.05) is 16.6 Å². The van der Waals surface area contributed by atoms with E-state index in [4.69, 9.17) is 0 Å². The number of carbonyl (C=O) groups excluding carboxylic acids is 2. The molecule has 3 aromatic carbocycles. The van der Waals surface area contributed by atoms with E-state index in [2.05, 4.69) is 77.4 Å². The molecule has 1 saturated heterocycles. The Balaban J connectivity index is 1.56. The topological polar surface area (TPSA) is 58.2 Å². The number of amides is 2. The second-order valence-corrected chi connectivity index (χ2v) is 9.92. The van der Waals surface area contributed by atoms with Gasteiger partial charge in [0.1, 0.15) is 12.1 Å². The Labute approximate surface area is 200 Å². The maximum atomic E-state index is 12.7. The van der Waals surface area contributed by atoms with Crippen LogP contribution in [0.2, 0.25) is 0 Å². The SMILES string of the molecule is CC(C)CC1NC(=O)C(CSc2ccccc2C(c2ccccc2)c2ccccc2)NC1=O. The van der Waals surface area contributed by atoms with Crippen molar-refractivity contribution in [2.24, 2.45) is 5.92 Å². The molecule has 33 heavy (non-hydrogen) atoms. The highest BCUT2D eigenvalue weighted by molar-refractivity contribution is 7.99. The highest BCUT2D eigenvalue weighted by Crippen LogP contribution is 2.37. The van der Waals surface area contributed by atoms with Crippen molar-refractivity contribution < 1.29 is 9.59 Å². The molecule has 2 atom stereocenters. The Morgan fingerprint density at radius 2 is 1.24 bits per heavy atom. The maximum Gasteiger partial charge on any atom is 0.244 e. The van der Waals surface area contributed by atoms with Gasteiger partial charge in [-0.25, -0.2) is 0 Å². The van der Waals surface area contributed by atoms with Crippen LogP contribution in [0, 0.1) is 5.92 Å². The van der Waals surface area contributed by atoms with Crippen LogP contribution < -0.4 is 10.6 Å². The van der Waals surface area contributed by atoms with Gasteiger partial charge in [-0.3, -0.25) is 9.59 Å². The largest absolute Gasteiger partial charge is 0.342 e. The number of hydrogen-bond acceptors (Lipinski definition) is 3. The Morgan fingerprint density at radius 1 is 0.727 bits per heavy atom. The van der Waals surface area contributed by atoms with E-state index in [0.29, 0.717) is 18.1 Å². The minimum atomic E-state index is -0.536. The summed E-state index contributed by atoms with van der Waals surface area (Å²) in [7, 11) is 0. The Kier molecular flexibility index (Phi) is 7.50. The van der Waals surface area contributed by atoms with Crippen molar-refractivity contribution in [3.05, 3.63) is 102 Å². The minimum absolute atomic E-state index is 0.0845. The minimum Gasteiger partial charge on any atom is -0.342 e. The van der Waals surface area contributed by atoms with E-state index < -0.39 is 12.1 Å². The quantitative estimate of drug-likeness (QED) is 0.369. The van der Waals surface area contributed by atoms with Crippen LogP contribution in [0.15, 0.2) is 89.8 Å². The van der Waals surface area contributed by atoms with E-state index in [9.17, 15) is 9.59 Å². The fourth-order valence-corrected chi connectivity index (χ4v) is 5.40. The number of nitrogens with one attached hydrogen (secondary N) is 2. The molecule has 0 radical (unpaired) electrons. The van der Waals surface area contributed by atoms with E-state index in [-0.39, 0.29) is 17.7 Å². The van der Waals surface area contributed by atoms with Gasteiger partial charge in [-0.2, -0.15) is 0 Å². The smallest absolute Gasteiger partial charge is 0.244 e. The lowest BCUT2D eigenvalue weighted by Gasteiger charge is -2.30. The zero-order chi connectivity index (χ0) is 23.2. The van der Waals surface area contributed by atoms with Crippen molar-refractivity contribution in [1.82, 2.24) is 10.6 Å². The van der Waals surface area contributed by atoms with Gasteiger partial charge < -0.3 is 10.6 Å². The highest BCUT2D eigenvalue weighted by atomic mass is 32.2. The first-order valence-electron chi connectivity index (χ1n) is 11.4. The molecular weight excluding hydrogens is 428 g/mol. The van der Waals surface area contributed by atoms with Crippen LogP contribution in [0.5, 0.6) is 0 Å². The molecule has 5 heteroatoms. The summed E-state index contributed by atoms with van der Waals surface area (Å²) in [6, 6.07) is 28.3. The molecule has 4 rings (SSSR count). The van der Waals surface area contributed by atoms with Gasteiger partial charge in [0.2, 0.25) is 11.8 Å². The molecule has 3 aromatic rings. The van der Waals surface area contributed by atoms with Gasteiger partial charge in [0.25, 0.3) is 0 Å². The number of hydrogen-bond donors (Lipinski definition) is 2. The molecule has 0 bridgehead atoms. The third-order valence-electron chi connectivity index (χ3n) is 5.87. The first kappa shape index (κ1) is 23.1. The van der Waals surface area contributed by atoms with Gasteiger partial charge in [-0.15, -0.1) is 11.8 Å². The molecule has 1 fully saturated rings. The maximum absolute atomic E-state index is 12.7. The molecule has 4 nitrogen and oxygen atoms in total. The van der Waals surface area contributed by atoms with Gasteiger partial charge >= 0.3 is 0 Å². The van der Waals surface area contributed by atoms with Gasteiger partial charge in [0.15, 0.2) is 0 Å². The molecule has 0 spiro atoms. The van der Waals surface area contributed by atoms with Crippen LogP contribution in [0.1, 0.15) is 42.9 Å². The van der Waals surface area contributed by atoms with Crippen LogP contribution in [0.3, 0.4) is 0 Å². The van der Waals surface area contributed by atoms with E-state index >= 15 is 0 Å². The lowest BCUT2D eigenvalue weighted by molar-refractivity contribution is -0.136. The van der Waals surface area contributed by atoms with E-state index in [0.717, 1.165) is 4.90 Å². The third-order valence-corrected chi connectivity index (χ3v) is 7.06. The summed E-state index contributed by atoms with van der Waals surface area (Å²) in [6.45, 7) is 4.10. The van der Waals surface area contributed by atoms with E-state index in [1.54, 1.807) is 11.8 Å². The molecule has 1 aliphatic heterocycles. The number of piperazine rings is 1. The molecule has 2 unspecified atom stereocenters. The van der Waals surface area contributed by atoms with Gasteiger partial charge in [-0.05, 0) is 35.1 Å². The third kappa shape index (κ3) is 5.66. The van der Waals surface area contributed by atoms with Crippen LogP contribution in [-0.4, -0.2) is 29.7 Å². The summed E-state index contributed by atoms with van der Waals surface area (Å²) in [5.74, 6) is 0.717. The summed E-state index contributed by atoms with van der Waals surface area (Å²) in [6.07, 6.45) is 0.649. The van der Waals surface area contributed by atoms with Gasteiger partial charge in [-0.1, -0.05) is 92.7 Å². The second-order valence-electron chi connectivity index (χ2n) is 8.86. The fourth-order valence-electron chi connectivity index (χ4n) is 4.30. The molecule has 2 amide bonds. The highest BCUT2D eigenvalue weighted by Gasteiger charge is 2.34. The van der Waals surface area contributed by atoms with Crippen LogP contribution in [0.25, 0.3) is 0 Å². The lowest BCUT2D eigenvalue weighted by Crippen LogP contribution is -2.62. The van der Waals surface area contributed by atoms with Crippen molar-refractivity contribution in [3.8, 4) is 0 Å². The average Bonchev–Trinajstić information content (AvgIpc) is 2.82. The fraction of sp³-hybridized carbons (Fsp3) is 0.286. The standard InChI is InChI=1S/C28H30N2O2S/c1-19(2)17-23-27(31)30-24(28(32)29-23)18-33-25-16-10-9-15-22(25)26(20-11-5-3-6-12-20)21-13-7-4-8-14-21/h3-16,19,23-24,26H,17-18H2,1-2H3,(H,29,32)(H,30,31). The number of rotatable bonds is 8. The predicted molar refractivity (Wildman–Crippen MR) is 134 cm³/mol. The van der Waals surface area contributed by atoms with Gasteiger partial charge in [0.05, 0.1) is 0 Å². The van der Waals surface area contributed by atoms with E-state index in [1.165, 1.54) is 16.7 Å². The lowest BCUT2D eigenvalue weighted by atomic mass is 9.85. The number of carbonyl (C=O) groups is 2. The van der Waals surface area contributed by atoms with Crippen LogP contribution >= 0.6 is 11.8 Å². The number of benzene rings is 3. The zero-order valence-electron chi connectivity index (χ0n) is 19.0. The van der Waals surface area contributed by atoms with Crippen LogP contribution in [-0.2, 0) is 9.59 Å². The first-order chi connectivity index (χ1) is 16.0. The zero-order valence-corrected chi connectivity index (χ0v) is 19.8. The molecular formula is C28H30N2O2S. The Morgan fingerprint density at radius 3 is 1.85 bits per heavy atom. The van der Waals surface area contributed by atoms with Crippen molar-refractivity contribution in [2.75, 3.05) is 5.75 Å². The van der Waals surface area contributed by atoms with Crippen molar-refractivity contribution in [1.29, 1.82) is 0 Å². The van der Waals surface area contributed by atoms with Crippen molar-refractivity contribution in [3.63, 3.8) is 0 Å². The van der Waals surface area contributed by atoms with Crippen molar-refractivity contribution >= 4 is 23.6 Å². The Hall–Kier alpha value is -3.05. The normalized spacial score (nSPS) is 18.3. The summed E-state index contributed by atoms with van der Waals surface area (Å²) in [5, 5.41) is 5.84. The molecule has 170 valence electrons. The monoisotopic (exact) mass is 458 g/mol. The predicted octanol–water partition coefficient (Wildman–Crippen LogP) is 4.99. The summed E-state index contributed by atoms with van der Waals surface area (Å²) < 4.78 is 0. The molecule has 2 N–H and O–H groups in total. The first-order valence-corrected chi connectivity index (χ1v) is 12.4. The Bertz CT molecular complexity index is 1050. The average molecular weight is 459 g/mol. The second kappa shape index (κ2) is 10.7. The van der Waals surface area contributed by atoms with Crippen LogP contribution in [0.4, 0.5) is 0 Å². The summed E-state index contributed by atoms with van der Waals surface area (Å²) in [4.78, 5) is 26.3.